The van der Waals surface area contributed by atoms with Crippen LogP contribution in [0.3, 0.4) is 0 Å². The van der Waals surface area contributed by atoms with Crippen molar-refractivity contribution < 1.29 is 0 Å². The molecule has 0 aromatic heterocycles. The highest BCUT2D eigenvalue weighted by Crippen LogP contribution is 2.32. The van der Waals surface area contributed by atoms with E-state index < -0.39 is 0 Å². The molecule has 114 valence electrons. The lowest BCUT2D eigenvalue weighted by Gasteiger charge is -2.26. The summed E-state index contributed by atoms with van der Waals surface area (Å²) in [6.07, 6.45) is 0. The van der Waals surface area contributed by atoms with Crippen LogP contribution in [-0.4, -0.2) is 0 Å². The third-order valence-corrected chi connectivity index (χ3v) is 4.12. The van der Waals surface area contributed by atoms with Crippen molar-refractivity contribution in [1.82, 2.24) is 0 Å². The van der Waals surface area contributed by atoms with Crippen molar-refractivity contribution >= 4 is 11.4 Å². The molecule has 0 fully saturated rings. The summed E-state index contributed by atoms with van der Waals surface area (Å²) in [5, 5.41) is 8.55. The lowest BCUT2D eigenvalue weighted by Crippen LogP contribution is -2.18. The van der Waals surface area contributed by atoms with Gasteiger partial charge in [-0.05, 0) is 35.4 Å². The summed E-state index contributed by atoms with van der Waals surface area (Å²) in [5.74, 6) is 0. The Balaban J connectivity index is 1.81. The monoisotopic (exact) mass is 300 g/mol. The van der Waals surface area contributed by atoms with Gasteiger partial charge in [0, 0.05) is 5.41 Å². The van der Waals surface area contributed by atoms with Crippen LogP contribution >= 0.6 is 0 Å². The fourth-order valence-electron chi connectivity index (χ4n) is 2.58. The number of benzene rings is 3. The van der Waals surface area contributed by atoms with Crippen LogP contribution in [0.2, 0.25) is 0 Å². The number of hydrogen-bond acceptors (Lipinski definition) is 2. The number of nitrogens with zero attached hydrogens (tertiary/aromatic N) is 2. The second-order valence-corrected chi connectivity index (χ2v) is 6.07. The topological polar surface area (TPSA) is 24.7 Å². The summed E-state index contributed by atoms with van der Waals surface area (Å²) < 4.78 is 0. The van der Waals surface area contributed by atoms with Gasteiger partial charge < -0.3 is 0 Å². The fraction of sp³-hybridized carbons (Fsp3) is 0.143. The molecule has 0 radical (unpaired) electrons. The second kappa shape index (κ2) is 6.57. The Labute approximate surface area is 137 Å². The molecule has 3 aromatic carbocycles. The lowest BCUT2D eigenvalue weighted by atomic mass is 9.78. The lowest BCUT2D eigenvalue weighted by molar-refractivity contribution is 0.641. The zero-order valence-electron chi connectivity index (χ0n) is 13.5. The third kappa shape index (κ3) is 3.54. The van der Waals surface area contributed by atoms with Crippen molar-refractivity contribution in [2.45, 2.75) is 19.3 Å². The first-order valence-electron chi connectivity index (χ1n) is 7.79. The molecule has 3 aromatic rings. The average molecular weight is 300 g/mol. The van der Waals surface area contributed by atoms with E-state index >= 15 is 0 Å². The Morgan fingerprint density at radius 1 is 0.522 bits per heavy atom. The van der Waals surface area contributed by atoms with E-state index in [0.717, 1.165) is 11.4 Å². The third-order valence-electron chi connectivity index (χ3n) is 4.12. The zero-order chi connectivity index (χ0) is 16.1. The molecule has 0 heterocycles. The van der Waals surface area contributed by atoms with Crippen LogP contribution in [-0.2, 0) is 5.41 Å². The summed E-state index contributed by atoms with van der Waals surface area (Å²) in [6.45, 7) is 4.48. The first kappa shape index (κ1) is 15.2. The minimum atomic E-state index is -0.0314. The fourth-order valence-corrected chi connectivity index (χ4v) is 2.58. The number of hydrogen-bond donors (Lipinski definition) is 0. The molecule has 0 spiro atoms. The van der Waals surface area contributed by atoms with E-state index in [1.165, 1.54) is 11.1 Å². The van der Waals surface area contributed by atoms with Crippen LogP contribution in [0.5, 0.6) is 0 Å². The van der Waals surface area contributed by atoms with Gasteiger partial charge in [-0.1, -0.05) is 74.5 Å². The van der Waals surface area contributed by atoms with Gasteiger partial charge in [-0.2, -0.15) is 10.2 Å². The molecule has 0 aliphatic heterocycles. The molecule has 0 saturated carbocycles. The highest BCUT2D eigenvalue weighted by molar-refractivity contribution is 5.45. The molecule has 23 heavy (non-hydrogen) atoms. The highest BCUT2D eigenvalue weighted by Gasteiger charge is 2.22. The zero-order valence-corrected chi connectivity index (χ0v) is 13.5. The molecule has 0 unspecified atom stereocenters. The highest BCUT2D eigenvalue weighted by atomic mass is 15.1. The molecule has 0 N–H and O–H groups in total. The van der Waals surface area contributed by atoms with Crippen molar-refractivity contribution in [1.29, 1.82) is 0 Å². The maximum Gasteiger partial charge on any atom is 0.0857 e. The first-order chi connectivity index (χ1) is 11.2. The smallest absolute Gasteiger partial charge is 0.0857 e. The van der Waals surface area contributed by atoms with Crippen molar-refractivity contribution in [2.75, 3.05) is 0 Å². The van der Waals surface area contributed by atoms with E-state index in [1.54, 1.807) is 0 Å². The van der Waals surface area contributed by atoms with Gasteiger partial charge in [0.15, 0.2) is 0 Å². The Morgan fingerprint density at radius 2 is 0.957 bits per heavy atom. The second-order valence-electron chi connectivity index (χ2n) is 6.07. The molecule has 0 saturated heterocycles. The van der Waals surface area contributed by atoms with E-state index in [1.807, 2.05) is 48.5 Å². The summed E-state index contributed by atoms with van der Waals surface area (Å²) in [5.41, 5.74) is 4.26. The number of azo groups is 1. The Bertz CT molecular complexity index is 773. The van der Waals surface area contributed by atoms with Gasteiger partial charge >= 0.3 is 0 Å². The maximum absolute atomic E-state index is 4.30. The quantitative estimate of drug-likeness (QED) is 0.496. The minimum Gasteiger partial charge on any atom is -0.151 e. The van der Waals surface area contributed by atoms with Gasteiger partial charge in [-0.25, -0.2) is 0 Å². The van der Waals surface area contributed by atoms with E-state index in [9.17, 15) is 0 Å². The molecule has 0 aliphatic carbocycles. The molecule has 2 heteroatoms. The Kier molecular flexibility index (Phi) is 4.33. The van der Waals surface area contributed by atoms with E-state index in [-0.39, 0.29) is 5.41 Å². The van der Waals surface area contributed by atoms with Gasteiger partial charge in [-0.3, -0.25) is 0 Å². The van der Waals surface area contributed by atoms with Gasteiger partial charge in [0.1, 0.15) is 0 Å². The standard InChI is InChI=1S/C21H20N2/c1-21(2,17-9-5-3-6-10-17)18-13-15-20(16-14-18)23-22-19-11-7-4-8-12-19/h3-16H,1-2H3. The van der Waals surface area contributed by atoms with Gasteiger partial charge in [0.2, 0.25) is 0 Å². The van der Waals surface area contributed by atoms with Crippen molar-refractivity contribution in [3.63, 3.8) is 0 Å². The minimum absolute atomic E-state index is 0.0314. The van der Waals surface area contributed by atoms with Gasteiger partial charge in [0.25, 0.3) is 0 Å². The van der Waals surface area contributed by atoms with Gasteiger partial charge in [0.05, 0.1) is 11.4 Å². The summed E-state index contributed by atoms with van der Waals surface area (Å²) in [7, 11) is 0. The number of rotatable bonds is 4. The first-order valence-corrected chi connectivity index (χ1v) is 7.79. The van der Waals surface area contributed by atoms with Crippen LogP contribution < -0.4 is 0 Å². The van der Waals surface area contributed by atoms with E-state index in [2.05, 4.69) is 60.5 Å². The summed E-state index contributed by atoms with van der Waals surface area (Å²) in [4.78, 5) is 0. The van der Waals surface area contributed by atoms with Crippen LogP contribution in [0.1, 0.15) is 25.0 Å². The van der Waals surface area contributed by atoms with Crippen molar-refractivity contribution in [2.24, 2.45) is 10.2 Å². The van der Waals surface area contributed by atoms with Crippen LogP contribution in [0.4, 0.5) is 11.4 Å². The van der Waals surface area contributed by atoms with E-state index in [4.69, 9.17) is 0 Å². The molecule has 0 bridgehead atoms. The molecule has 3 rings (SSSR count). The van der Waals surface area contributed by atoms with E-state index in [0.29, 0.717) is 0 Å². The van der Waals surface area contributed by atoms with Gasteiger partial charge in [-0.15, -0.1) is 0 Å². The van der Waals surface area contributed by atoms with Crippen LogP contribution in [0, 0.1) is 0 Å². The predicted molar refractivity (Wildman–Crippen MR) is 95.6 cm³/mol. The van der Waals surface area contributed by atoms with Crippen molar-refractivity contribution in [3.8, 4) is 0 Å². The average Bonchev–Trinajstić information content (AvgIpc) is 2.62. The Hall–Kier alpha value is -2.74. The van der Waals surface area contributed by atoms with Crippen molar-refractivity contribution in [3.05, 3.63) is 96.1 Å². The molecular weight excluding hydrogens is 280 g/mol. The molecule has 0 amide bonds. The normalized spacial score (nSPS) is 11.7. The van der Waals surface area contributed by atoms with Crippen LogP contribution in [0.15, 0.2) is 95.2 Å². The molecular formula is C21H20N2. The molecule has 0 atom stereocenters. The largest absolute Gasteiger partial charge is 0.151 e. The SMILES string of the molecule is CC(C)(c1ccccc1)c1ccc(N=Nc2ccccc2)cc1. The predicted octanol–water partition coefficient (Wildman–Crippen LogP) is 6.43. The summed E-state index contributed by atoms with van der Waals surface area (Å²) >= 11 is 0. The molecule has 0 aliphatic rings. The summed E-state index contributed by atoms with van der Waals surface area (Å²) in [6, 6.07) is 28.6. The maximum atomic E-state index is 4.30. The van der Waals surface area contributed by atoms with Crippen LogP contribution in [0.25, 0.3) is 0 Å². The Morgan fingerprint density at radius 3 is 1.52 bits per heavy atom. The molecule has 2 nitrogen and oxygen atoms in total.